The topological polar surface area (TPSA) is 89.9 Å². The molecule has 4 heterocycles. The van der Waals surface area contributed by atoms with Gasteiger partial charge in [-0.1, -0.05) is 50.2 Å². The zero-order valence-electron chi connectivity index (χ0n) is 19.2. The van der Waals surface area contributed by atoms with Crippen molar-refractivity contribution in [3.63, 3.8) is 0 Å². The first kappa shape index (κ1) is 21.1. The smallest absolute Gasteiger partial charge is 0.259 e. The van der Waals surface area contributed by atoms with E-state index in [0.717, 1.165) is 17.7 Å². The minimum absolute atomic E-state index is 0.00885. The Hall–Kier alpha value is -3.81. The predicted octanol–water partition coefficient (Wildman–Crippen LogP) is 4.12. The highest BCUT2D eigenvalue weighted by Gasteiger charge is 2.25. The molecule has 0 N–H and O–H groups in total. The highest BCUT2D eigenvalue weighted by Crippen LogP contribution is 2.25. The summed E-state index contributed by atoms with van der Waals surface area (Å²) in [6, 6.07) is 12.0. The molecule has 1 aromatic carbocycles. The highest BCUT2D eigenvalue weighted by molar-refractivity contribution is 5.95. The van der Waals surface area contributed by atoms with Gasteiger partial charge in [-0.05, 0) is 36.6 Å². The van der Waals surface area contributed by atoms with Gasteiger partial charge in [-0.3, -0.25) is 4.79 Å². The number of aromatic nitrogens is 5. The van der Waals surface area contributed by atoms with Gasteiger partial charge in [0.2, 0.25) is 0 Å². The summed E-state index contributed by atoms with van der Waals surface area (Å²) in [5.41, 5.74) is 4.40. The van der Waals surface area contributed by atoms with Crippen molar-refractivity contribution in [2.24, 2.45) is 0 Å². The molecule has 1 aliphatic rings. The fourth-order valence-electron chi connectivity index (χ4n) is 3.97. The van der Waals surface area contributed by atoms with Crippen molar-refractivity contribution in [2.45, 2.75) is 46.1 Å². The number of carbonyl (C=O) groups excluding carboxylic acids is 1. The first-order valence-electron chi connectivity index (χ1n) is 11.0. The van der Waals surface area contributed by atoms with Crippen LogP contribution in [0.1, 0.15) is 53.8 Å². The molecule has 4 aromatic rings. The van der Waals surface area contributed by atoms with Gasteiger partial charge in [0, 0.05) is 24.7 Å². The molecule has 0 atom stereocenters. The van der Waals surface area contributed by atoms with Gasteiger partial charge in [0.15, 0.2) is 11.6 Å². The lowest BCUT2D eigenvalue weighted by Gasteiger charge is -2.28. The summed E-state index contributed by atoms with van der Waals surface area (Å²) >= 11 is 0. The number of benzene rings is 1. The van der Waals surface area contributed by atoms with Gasteiger partial charge in [-0.2, -0.15) is 10.1 Å². The van der Waals surface area contributed by atoms with E-state index in [2.05, 4.69) is 32.4 Å². The molecule has 0 saturated heterocycles. The molecule has 8 nitrogen and oxygen atoms in total. The molecule has 33 heavy (non-hydrogen) atoms. The highest BCUT2D eigenvalue weighted by atomic mass is 16.5. The van der Waals surface area contributed by atoms with Crippen LogP contribution >= 0.6 is 0 Å². The number of amides is 1. The zero-order valence-corrected chi connectivity index (χ0v) is 19.2. The summed E-state index contributed by atoms with van der Waals surface area (Å²) < 4.78 is 7.08. The maximum atomic E-state index is 13.2. The van der Waals surface area contributed by atoms with Crippen molar-refractivity contribution >= 4 is 5.91 Å². The summed E-state index contributed by atoms with van der Waals surface area (Å²) in [5, 5.41) is 8.51. The van der Waals surface area contributed by atoms with Crippen molar-refractivity contribution in [1.82, 2.24) is 29.8 Å². The van der Waals surface area contributed by atoms with Crippen molar-refractivity contribution in [3.05, 3.63) is 77.0 Å². The van der Waals surface area contributed by atoms with Crippen molar-refractivity contribution in [2.75, 3.05) is 6.54 Å². The van der Waals surface area contributed by atoms with Crippen LogP contribution in [0.4, 0.5) is 0 Å². The Morgan fingerprint density at radius 3 is 2.55 bits per heavy atom. The Morgan fingerprint density at radius 1 is 1.06 bits per heavy atom. The Kier molecular flexibility index (Phi) is 5.08. The van der Waals surface area contributed by atoms with Crippen LogP contribution in [0.2, 0.25) is 0 Å². The quantitative estimate of drug-likeness (QED) is 0.474. The minimum Gasteiger partial charge on any atom is -0.334 e. The standard InChI is InChI=1S/C25H26N6O2/c1-16-20(23(32)30-12-11-17-7-5-6-8-19(17)15-30)14-27-31(16)21-10-9-18(13-26-21)22-28-24(29-33-22)25(2,3)4/h5-10,13-14H,11-12,15H2,1-4H3. The monoisotopic (exact) mass is 442 g/mol. The number of pyridine rings is 1. The molecule has 1 aliphatic heterocycles. The lowest BCUT2D eigenvalue weighted by Crippen LogP contribution is -2.36. The van der Waals surface area contributed by atoms with Crippen LogP contribution in [-0.4, -0.2) is 42.3 Å². The Balaban J connectivity index is 1.36. The second-order valence-corrected chi connectivity index (χ2v) is 9.38. The number of nitrogens with zero attached hydrogens (tertiary/aromatic N) is 6. The summed E-state index contributed by atoms with van der Waals surface area (Å²) in [7, 11) is 0. The van der Waals surface area contributed by atoms with Crippen LogP contribution in [0.3, 0.4) is 0 Å². The van der Waals surface area contributed by atoms with Gasteiger partial charge in [-0.15, -0.1) is 0 Å². The van der Waals surface area contributed by atoms with Gasteiger partial charge >= 0.3 is 0 Å². The number of hydrogen-bond acceptors (Lipinski definition) is 6. The van der Waals surface area contributed by atoms with Crippen molar-refractivity contribution < 1.29 is 9.32 Å². The third-order valence-corrected chi connectivity index (χ3v) is 5.97. The van der Waals surface area contributed by atoms with E-state index in [-0.39, 0.29) is 11.3 Å². The number of carbonyl (C=O) groups is 1. The van der Waals surface area contributed by atoms with Crippen LogP contribution < -0.4 is 0 Å². The van der Waals surface area contributed by atoms with E-state index in [4.69, 9.17) is 4.52 Å². The third-order valence-electron chi connectivity index (χ3n) is 5.97. The first-order valence-corrected chi connectivity index (χ1v) is 11.0. The summed E-state index contributed by atoms with van der Waals surface area (Å²) in [6.45, 7) is 9.31. The molecule has 5 rings (SSSR count). The van der Waals surface area contributed by atoms with E-state index in [1.165, 1.54) is 11.1 Å². The number of fused-ring (bicyclic) bond motifs is 1. The summed E-state index contributed by atoms with van der Waals surface area (Å²) in [5.74, 6) is 1.69. The largest absolute Gasteiger partial charge is 0.334 e. The van der Waals surface area contributed by atoms with Crippen LogP contribution in [0, 0.1) is 6.92 Å². The molecule has 3 aromatic heterocycles. The van der Waals surface area contributed by atoms with Crippen LogP contribution in [0.25, 0.3) is 17.3 Å². The fraction of sp³-hybridized carbons (Fsp3) is 0.320. The molecule has 0 spiro atoms. The van der Waals surface area contributed by atoms with E-state index in [1.54, 1.807) is 17.1 Å². The Morgan fingerprint density at radius 2 is 1.85 bits per heavy atom. The van der Waals surface area contributed by atoms with Gasteiger partial charge in [0.05, 0.1) is 23.0 Å². The summed E-state index contributed by atoms with van der Waals surface area (Å²) in [6.07, 6.45) is 4.17. The Bertz CT molecular complexity index is 1310. The van der Waals surface area contributed by atoms with E-state index >= 15 is 0 Å². The number of hydrogen-bond donors (Lipinski definition) is 0. The summed E-state index contributed by atoms with van der Waals surface area (Å²) in [4.78, 5) is 24.1. The van der Waals surface area contributed by atoms with E-state index in [0.29, 0.717) is 36.2 Å². The SMILES string of the molecule is Cc1c(C(=O)N2CCc3ccccc3C2)cnn1-c1ccc(-c2nc(C(C)(C)C)no2)cn1. The van der Waals surface area contributed by atoms with Gasteiger partial charge in [0.1, 0.15) is 0 Å². The Labute approximate surface area is 192 Å². The van der Waals surface area contributed by atoms with Gasteiger partial charge in [0.25, 0.3) is 11.8 Å². The maximum absolute atomic E-state index is 13.2. The van der Waals surface area contributed by atoms with Gasteiger partial charge in [-0.25, -0.2) is 9.67 Å². The van der Waals surface area contributed by atoms with Crippen LogP contribution in [0.15, 0.2) is 53.3 Å². The minimum atomic E-state index is -0.194. The fourth-order valence-corrected chi connectivity index (χ4v) is 3.97. The molecule has 1 amide bonds. The first-order chi connectivity index (χ1) is 15.8. The average molecular weight is 443 g/mol. The lowest BCUT2D eigenvalue weighted by atomic mass is 9.96. The average Bonchev–Trinajstić information content (AvgIpc) is 3.46. The second kappa shape index (κ2) is 7.95. The van der Waals surface area contributed by atoms with Crippen molar-refractivity contribution in [3.8, 4) is 17.3 Å². The van der Waals surface area contributed by atoms with Crippen LogP contribution in [0.5, 0.6) is 0 Å². The predicted molar refractivity (Wildman–Crippen MR) is 123 cm³/mol. The molecule has 8 heteroatoms. The van der Waals surface area contributed by atoms with Crippen molar-refractivity contribution in [1.29, 1.82) is 0 Å². The molecule has 0 bridgehead atoms. The zero-order chi connectivity index (χ0) is 23.2. The number of rotatable bonds is 3. The molecule has 0 aliphatic carbocycles. The lowest BCUT2D eigenvalue weighted by molar-refractivity contribution is 0.0734. The second-order valence-electron chi connectivity index (χ2n) is 9.38. The molecule has 0 radical (unpaired) electrons. The third kappa shape index (κ3) is 3.92. The van der Waals surface area contributed by atoms with E-state index < -0.39 is 0 Å². The molecular weight excluding hydrogens is 416 g/mol. The molecular formula is C25H26N6O2. The molecule has 0 unspecified atom stereocenters. The van der Waals surface area contributed by atoms with E-state index in [9.17, 15) is 4.79 Å². The molecule has 168 valence electrons. The maximum Gasteiger partial charge on any atom is 0.259 e. The van der Waals surface area contributed by atoms with Gasteiger partial charge < -0.3 is 9.42 Å². The molecule has 0 saturated carbocycles. The normalized spacial score (nSPS) is 13.8. The van der Waals surface area contributed by atoms with E-state index in [1.807, 2.05) is 56.9 Å². The van der Waals surface area contributed by atoms with Crippen LogP contribution in [-0.2, 0) is 18.4 Å². The molecule has 0 fully saturated rings.